The molecular weight excluding hydrogens is 262 g/mol. The summed E-state index contributed by atoms with van der Waals surface area (Å²) in [6.07, 6.45) is -3.65. The van der Waals surface area contributed by atoms with Crippen LogP contribution in [0.15, 0.2) is 18.2 Å². The van der Waals surface area contributed by atoms with Gasteiger partial charge in [-0.2, -0.15) is 13.2 Å². The molecule has 2 rings (SSSR count). The summed E-state index contributed by atoms with van der Waals surface area (Å²) in [5.74, 6) is -1.85. The lowest BCUT2D eigenvalue weighted by atomic mass is 9.96. The fourth-order valence-electron chi connectivity index (χ4n) is 2.31. The zero-order chi connectivity index (χ0) is 14.0. The number of benzene rings is 1. The summed E-state index contributed by atoms with van der Waals surface area (Å²) >= 11 is 0. The van der Waals surface area contributed by atoms with E-state index in [1.54, 1.807) is 4.90 Å². The van der Waals surface area contributed by atoms with Crippen LogP contribution < -0.4 is 4.90 Å². The van der Waals surface area contributed by atoms with Gasteiger partial charge in [0.05, 0.1) is 5.92 Å². The Labute approximate surface area is 108 Å². The van der Waals surface area contributed by atoms with Crippen LogP contribution in [0.4, 0.5) is 23.2 Å². The molecular formula is C13H13F4NO. The largest absolute Gasteiger partial charge is 0.391 e. The van der Waals surface area contributed by atoms with Crippen LogP contribution in [0.3, 0.4) is 0 Å². The van der Waals surface area contributed by atoms with Gasteiger partial charge in [0, 0.05) is 24.3 Å². The predicted molar refractivity (Wildman–Crippen MR) is 62.8 cm³/mol. The third-order valence-corrected chi connectivity index (χ3v) is 3.36. The number of rotatable bonds is 2. The van der Waals surface area contributed by atoms with Crippen LogP contribution in [-0.4, -0.2) is 25.6 Å². The molecule has 1 aromatic carbocycles. The van der Waals surface area contributed by atoms with Gasteiger partial charge in [-0.3, -0.25) is 4.79 Å². The molecule has 0 bridgehead atoms. The molecule has 0 amide bonds. The maximum Gasteiger partial charge on any atom is 0.391 e. The summed E-state index contributed by atoms with van der Waals surface area (Å²) in [6.45, 7) is 0.428. The second-order valence-electron chi connectivity index (χ2n) is 4.66. The monoisotopic (exact) mass is 275 g/mol. The maximum absolute atomic E-state index is 13.3. The third-order valence-electron chi connectivity index (χ3n) is 3.36. The molecule has 0 saturated carbocycles. The van der Waals surface area contributed by atoms with Gasteiger partial charge in [0.2, 0.25) is 0 Å². The Morgan fingerprint density at radius 2 is 1.79 bits per heavy atom. The van der Waals surface area contributed by atoms with Gasteiger partial charge in [0.15, 0.2) is 0 Å². The lowest BCUT2D eigenvalue weighted by Gasteiger charge is -2.34. The number of anilines is 1. The predicted octanol–water partition coefficient (Wildman–Crippen LogP) is 3.42. The smallest absolute Gasteiger partial charge is 0.371 e. The summed E-state index contributed by atoms with van der Waals surface area (Å²) in [7, 11) is 0. The molecule has 1 saturated heterocycles. The molecule has 19 heavy (non-hydrogen) atoms. The fourth-order valence-corrected chi connectivity index (χ4v) is 2.31. The Hall–Kier alpha value is -1.59. The number of piperidine rings is 1. The van der Waals surface area contributed by atoms with Gasteiger partial charge in [0.25, 0.3) is 0 Å². The summed E-state index contributed by atoms with van der Waals surface area (Å²) in [5.41, 5.74) is 0.649. The lowest BCUT2D eigenvalue weighted by Crippen LogP contribution is -2.39. The van der Waals surface area contributed by atoms with Crippen molar-refractivity contribution in [2.24, 2.45) is 5.92 Å². The summed E-state index contributed by atoms with van der Waals surface area (Å²) in [5, 5.41) is 0. The topological polar surface area (TPSA) is 20.3 Å². The van der Waals surface area contributed by atoms with Crippen LogP contribution in [0.25, 0.3) is 0 Å². The van der Waals surface area contributed by atoms with Crippen molar-refractivity contribution in [3.8, 4) is 0 Å². The number of aldehydes is 1. The number of nitrogens with zero attached hydrogens (tertiary/aromatic N) is 1. The zero-order valence-electron chi connectivity index (χ0n) is 10.1. The highest BCUT2D eigenvalue weighted by atomic mass is 19.4. The van der Waals surface area contributed by atoms with Crippen molar-refractivity contribution >= 4 is 12.0 Å². The summed E-state index contributed by atoms with van der Waals surface area (Å²) < 4.78 is 50.9. The van der Waals surface area contributed by atoms with Crippen molar-refractivity contribution < 1.29 is 22.4 Å². The van der Waals surface area contributed by atoms with Gasteiger partial charge in [-0.05, 0) is 31.0 Å². The first-order chi connectivity index (χ1) is 8.90. The minimum Gasteiger partial charge on any atom is -0.371 e. The molecule has 0 radical (unpaired) electrons. The normalized spacial score (nSPS) is 17.6. The van der Waals surface area contributed by atoms with Gasteiger partial charge in [-0.15, -0.1) is 0 Å². The van der Waals surface area contributed by atoms with Crippen LogP contribution in [0.2, 0.25) is 0 Å². The maximum atomic E-state index is 13.3. The molecule has 0 spiro atoms. The van der Waals surface area contributed by atoms with E-state index in [4.69, 9.17) is 0 Å². The van der Waals surface area contributed by atoms with Crippen LogP contribution >= 0.6 is 0 Å². The van der Waals surface area contributed by atoms with E-state index >= 15 is 0 Å². The third kappa shape index (κ3) is 3.24. The van der Waals surface area contributed by atoms with Crippen molar-refractivity contribution in [3.63, 3.8) is 0 Å². The van der Waals surface area contributed by atoms with E-state index in [-0.39, 0.29) is 31.5 Å². The average Bonchev–Trinajstić information content (AvgIpc) is 2.37. The molecule has 2 nitrogen and oxygen atoms in total. The van der Waals surface area contributed by atoms with E-state index in [1.807, 2.05) is 0 Å². The van der Waals surface area contributed by atoms with Gasteiger partial charge in [-0.25, -0.2) is 4.39 Å². The first kappa shape index (κ1) is 13.8. The average molecular weight is 275 g/mol. The fraction of sp³-hybridized carbons (Fsp3) is 0.462. The van der Waals surface area contributed by atoms with E-state index < -0.39 is 17.9 Å². The van der Waals surface area contributed by atoms with Gasteiger partial charge in [-0.1, -0.05) is 0 Å². The second-order valence-corrected chi connectivity index (χ2v) is 4.66. The second kappa shape index (κ2) is 5.19. The summed E-state index contributed by atoms with van der Waals surface area (Å²) in [4.78, 5) is 12.3. The minimum atomic E-state index is -4.16. The molecule has 1 fully saturated rings. The highest BCUT2D eigenvalue weighted by Gasteiger charge is 2.41. The molecule has 6 heteroatoms. The Balaban J connectivity index is 2.09. The quantitative estimate of drug-likeness (QED) is 0.609. The van der Waals surface area contributed by atoms with Crippen LogP contribution in [-0.2, 0) is 0 Å². The number of alkyl halides is 3. The molecule has 0 N–H and O–H groups in total. The lowest BCUT2D eigenvalue weighted by molar-refractivity contribution is -0.179. The molecule has 0 aliphatic carbocycles. The molecule has 1 heterocycles. The minimum absolute atomic E-state index is 0.00354. The van der Waals surface area contributed by atoms with Crippen molar-refractivity contribution in [1.29, 1.82) is 0 Å². The Morgan fingerprint density at radius 1 is 1.16 bits per heavy atom. The van der Waals surface area contributed by atoms with Crippen LogP contribution in [0.5, 0.6) is 0 Å². The molecule has 104 valence electrons. The van der Waals surface area contributed by atoms with E-state index in [9.17, 15) is 22.4 Å². The first-order valence-corrected chi connectivity index (χ1v) is 5.97. The Kier molecular flexibility index (Phi) is 3.78. The first-order valence-electron chi connectivity index (χ1n) is 5.97. The van der Waals surface area contributed by atoms with Gasteiger partial charge < -0.3 is 4.90 Å². The van der Waals surface area contributed by atoms with Crippen LogP contribution in [0, 0.1) is 11.7 Å². The molecule has 0 unspecified atom stereocenters. The van der Waals surface area contributed by atoms with Crippen molar-refractivity contribution in [3.05, 3.63) is 29.6 Å². The SMILES string of the molecule is O=Cc1cc(F)cc(N2CCC(C(F)(F)F)CC2)c1. The molecule has 1 aliphatic rings. The zero-order valence-corrected chi connectivity index (χ0v) is 10.1. The van der Waals surface area contributed by atoms with Crippen molar-refractivity contribution in [1.82, 2.24) is 0 Å². The summed E-state index contributed by atoms with van der Waals surface area (Å²) in [6, 6.07) is 3.82. The number of halogens is 4. The van der Waals surface area contributed by atoms with E-state index in [0.717, 1.165) is 6.07 Å². The number of hydrogen-bond acceptors (Lipinski definition) is 2. The molecule has 1 aromatic rings. The number of carbonyl (C=O) groups excluding carboxylic acids is 1. The Morgan fingerprint density at radius 3 is 2.32 bits per heavy atom. The Bertz CT molecular complexity index is 464. The van der Waals surface area contributed by atoms with Crippen LogP contribution in [0.1, 0.15) is 23.2 Å². The highest BCUT2D eigenvalue weighted by molar-refractivity contribution is 5.77. The number of carbonyl (C=O) groups is 1. The number of hydrogen-bond donors (Lipinski definition) is 0. The highest BCUT2D eigenvalue weighted by Crippen LogP contribution is 2.35. The van der Waals surface area contributed by atoms with Crippen molar-refractivity contribution in [2.75, 3.05) is 18.0 Å². The van der Waals surface area contributed by atoms with Crippen molar-refractivity contribution in [2.45, 2.75) is 19.0 Å². The molecule has 1 aliphatic heterocycles. The van der Waals surface area contributed by atoms with Gasteiger partial charge >= 0.3 is 6.18 Å². The standard InChI is InChI=1S/C13H13F4NO/c14-11-5-9(8-19)6-12(7-11)18-3-1-10(2-4-18)13(15,16)17/h5-8,10H,1-4H2. The molecule has 0 atom stereocenters. The van der Waals surface area contributed by atoms with E-state index in [1.165, 1.54) is 12.1 Å². The van der Waals surface area contributed by atoms with E-state index in [2.05, 4.69) is 0 Å². The van der Waals surface area contributed by atoms with Gasteiger partial charge in [0.1, 0.15) is 12.1 Å². The molecule has 0 aromatic heterocycles. The van der Waals surface area contributed by atoms with E-state index in [0.29, 0.717) is 12.0 Å².